The third-order valence-electron chi connectivity index (χ3n) is 3.29. The van der Waals surface area contributed by atoms with Gasteiger partial charge in [-0.1, -0.05) is 34.1 Å². The Morgan fingerprint density at radius 3 is 2.91 bits per heavy atom. The summed E-state index contributed by atoms with van der Waals surface area (Å²) in [7, 11) is 0. The lowest BCUT2D eigenvalue weighted by Crippen LogP contribution is -1.92. The standard InChI is InChI=1S/C16H9BrN2O2S/c17-11-3-1-2-10(6-11)15-18-13(8-22-15)9-4-5-12-14(7-9)21-16(20)19-12/h1-8H,(H,19,20). The van der Waals surface area contributed by atoms with Crippen molar-refractivity contribution in [2.24, 2.45) is 0 Å². The minimum atomic E-state index is -0.444. The summed E-state index contributed by atoms with van der Waals surface area (Å²) in [4.78, 5) is 18.5. The SMILES string of the molecule is O=c1[nH]c2ccc(-c3csc(-c4cccc(Br)c4)n3)cc2o1. The van der Waals surface area contributed by atoms with Gasteiger partial charge < -0.3 is 4.42 Å². The average molecular weight is 373 g/mol. The van der Waals surface area contributed by atoms with E-state index in [2.05, 4.69) is 25.9 Å². The van der Waals surface area contributed by atoms with Crippen molar-refractivity contribution in [1.29, 1.82) is 0 Å². The zero-order valence-electron chi connectivity index (χ0n) is 11.2. The average Bonchev–Trinajstić information content (AvgIpc) is 3.11. The molecular weight excluding hydrogens is 364 g/mol. The van der Waals surface area contributed by atoms with Crippen molar-refractivity contribution in [3.63, 3.8) is 0 Å². The van der Waals surface area contributed by atoms with Gasteiger partial charge in [0.2, 0.25) is 0 Å². The molecule has 2 heterocycles. The number of aromatic nitrogens is 2. The number of nitrogens with zero attached hydrogens (tertiary/aromatic N) is 1. The summed E-state index contributed by atoms with van der Waals surface area (Å²) in [5.74, 6) is -0.444. The summed E-state index contributed by atoms with van der Waals surface area (Å²) in [5, 5.41) is 2.95. The molecule has 0 aliphatic heterocycles. The lowest BCUT2D eigenvalue weighted by atomic mass is 10.1. The first-order valence-electron chi connectivity index (χ1n) is 6.54. The zero-order chi connectivity index (χ0) is 15.1. The molecule has 6 heteroatoms. The molecule has 0 saturated heterocycles. The predicted molar refractivity (Wildman–Crippen MR) is 91.1 cm³/mol. The van der Waals surface area contributed by atoms with Crippen molar-refractivity contribution in [3.05, 3.63) is 62.9 Å². The Labute approximate surface area is 137 Å². The zero-order valence-corrected chi connectivity index (χ0v) is 13.6. The fraction of sp³-hybridized carbons (Fsp3) is 0. The van der Waals surface area contributed by atoms with E-state index in [9.17, 15) is 4.79 Å². The van der Waals surface area contributed by atoms with E-state index in [0.717, 1.165) is 26.3 Å². The molecule has 0 saturated carbocycles. The Hall–Kier alpha value is -2.18. The van der Waals surface area contributed by atoms with Crippen molar-refractivity contribution in [3.8, 4) is 21.8 Å². The van der Waals surface area contributed by atoms with Crippen molar-refractivity contribution in [2.75, 3.05) is 0 Å². The van der Waals surface area contributed by atoms with Crippen LogP contribution in [0, 0.1) is 0 Å². The van der Waals surface area contributed by atoms with Crippen LogP contribution in [0.5, 0.6) is 0 Å². The van der Waals surface area contributed by atoms with Gasteiger partial charge in [0, 0.05) is 21.0 Å². The Kier molecular flexibility index (Phi) is 3.20. The van der Waals surface area contributed by atoms with Crippen LogP contribution in [0.3, 0.4) is 0 Å². The molecule has 0 bridgehead atoms. The van der Waals surface area contributed by atoms with E-state index in [1.807, 2.05) is 47.8 Å². The van der Waals surface area contributed by atoms with Crippen molar-refractivity contribution < 1.29 is 4.42 Å². The van der Waals surface area contributed by atoms with Gasteiger partial charge in [-0.15, -0.1) is 11.3 Å². The maximum atomic E-state index is 11.2. The molecule has 0 radical (unpaired) electrons. The number of thiazole rings is 1. The summed E-state index contributed by atoms with van der Waals surface area (Å²) in [6, 6.07) is 13.6. The van der Waals surface area contributed by atoms with Crippen LogP contribution < -0.4 is 5.76 Å². The lowest BCUT2D eigenvalue weighted by molar-refractivity contribution is 0.555. The number of benzene rings is 2. The van der Waals surface area contributed by atoms with Gasteiger partial charge >= 0.3 is 5.76 Å². The molecule has 22 heavy (non-hydrogen) atoms. The summed E-state index contributed by atoms with van der Waals surface area (Å²) < 4.78 is 6.12. The van der Waals surface area contributed by atoms with Crippen LogP contribution in [-0.4, -0.2) is 9.97 Å². The topological polar surface area (TPSA) is 58.9 Å². The number of oxazole rings is 1. The number of hydrogen-bond donors (Lipinski definition) is 1. The highest BCUT2D eigenvalue weighted by Crippen LogP contribution is 2.31. The minimum absolute atomic E-state index is 0.444. The van der Waals surface area contributed by atoms with Gasteiger partial charge in [-0.3, -0.25) is 4.98 Å². The molecule has 0 spiro atoms. The van der Waals surface area contributed by atoms with Crippen molar-refractivity contribution in [2.45, 2.75) is 0 Å². The van der Waals surface area contributed by atoms with Gasteiger partial charge in [-0.05, 0) is 24.3 Å². The molecule has 2 aromatic heterocycles. The maximum absolute atomic E-state index is 11.2. The molecule has 0 aliphatic rings. The van der Waals surface area contributed by atoms with Crippen LogP contribution in [0.25, 0.3) is 32.9 Å². The number of aromatic amines is 1. The monoisotopic (exact) mass is 372 g/mol. The van der Waals surface area contributed by atoms with Gasteiger partial charge in [0.05, 0.1) is 11.2 Å². The van der Waals surface area contributed by atoms with Crippen LogP contribution in [0.15, 0.2) is 61.5 Å². The summed E-state index contributed by atoms with van der Waals surface area (Å²) >= 11 is 5.06. The second kappa shape index (κ2) is 5.23. The first-order chi connectivity index (χ1) is 10.7. The molecule has 0 aliphatic carbocycles. The fourth-order valence-corrected chi connectivity index (χ4v) is 3.49. The molecule has 4 aromatic rings. The third kappa shape index (κ3) is 2.40. The van der Waals surface area contributed by atoms with E-state index in [4.69, 9.17) is 4.42 Å². The van der Waals surface area contributed by atoms with Gasteiger partial charge in [0.15, 0.2) is 5.58 Å². The van der Waals surface area contributed by atoms with E-state index in [-0.39, 0.29) is 0 Å². The molecular formula is C16H9BrN2O2S. The van der Waals surface area contributed by atoms with E-state index in [1.165, 1.54) is 0 Å². The highest BCUT2D eigenvalue weighted by atomic mass is 79.9. The van der Waals surface area contributed by atoms with Crippen LogP contribution >= 0.6 is 27.3 Å². The van der Waals surface area contributed by atoms with Crippen LogP contribution in [0.1, 0.15) is 0 Å². The lowest BCUT2D eigenvalue weighted by Gasteiger charge is -1.98. The Morgan fingerprint density at radius 1 is 1.14 bits per heavy atom. The number of rotatable bonds is 2. The van der Waals surface area contributed by atoms with Crippen molar-refractivity contribution in [1.82, 2.24) is 9.97 Å². The molecule has 4 nitrogen and oxygen atoms in total. The number of nitrogens with one attached hydrogen (secondary N) is 1. The van der Waals surface area contributed by atoms with E-state index >= 15 is 0 Å². The molecule has 0 unspecified atom stereocenters. The second-order valence-corrected chi connectivity index (χ2v) is 6.55. The molecule has 1 N–H and O–H groups in total. The minimum Gasteiger partial charge on any atom is -0.408 e. The number of fused-ring (bicyclic) bond motifs is 1. The normalized spacial score (nSPS) is 11.1. The smallest absolute Gasteiger partial charge is 0.408 e. The van der Waals surface area contributed by atoms with E-state index in [1.54, 1.807) is 11.3 Å². The molecule has 0 atom stereocenters. The molecule has 0 fully saturated rings. The Balaban J connectivity index is 1.77. The number of H-pyrrole nitrogens is 1. The van der Waals surface area contributed by atoms with Crippen LogP contribution in [0.2, 0.25) is 0 Å². The highest BCUT2D eigenvalue weighted by molar-refractivity contribution is 9.10. The van der Waals surface area contributed by atoms with E-state index in [0.29, 0.717) is 11.1 Å². The Morgan fingerprint density at radius 2 is 2.05 bits per heavy atom. The summed E-state index contributed by atoms with van der Waals surface area (Å²) in [6.45, 7) is 0. The maximum Gasteiger partial charge on any atom is 0.417 e. The van der Waals surface area contributed by atoms with E-state index < -0.39 is 5.76 Å². The van der Waals surface area contributed by atoms with Gasteiger partial charge in [-0.2, -0.15) is 0 Å². The van der Waals surface area contributed by atoms with Gasteiger partial charge in [0.1, 0.15) is 5.01 Å². The molecule has 0 amide bonds. The third-order valence-corrected chi connectivity index (χ3v) is 4.68. The first kappa shape index (κ1) is 13.5. The first-order valence-corrected chi connectivity index (χ1v) is 8.21. The highest BCUT2D eigenvalue weighted by Gasteiger charge is 2.09. The molecule has 4 rings (SSSR count). The van der Waals surface area contributed by atoms with Gasteiger partial charge in [0.25, 0.3) is 0 Å². The quantitative estimate of drug-likeness (QED) is 0.555. The summed E-state index contributed by atoms with van der Waals surface area (Å²) in [5.41, 5.74) is 4.09. The fourth-order valence-electron chi connectivity index (χ4n) is 2.27. The number of hydrogen-bond acceptors (Lipinski definition) is 4. The van der Waals surface area contributed by atoms with Crippen LogP contribution in [0.4, 0.5) is 0 Å². The number of halogens is 1. The largest absolute Gasteiger partial charge is 0.417 e. The Bertz CT molecular complexity index is 1030. The molecule has 2 aromatic carbocycles. The van der Waals surface area contributed by atoms with Crippen LogP contribution in [-0.2, 0) is 0 Å². The van der Waals surface area contributed by atoms with Gasteiger partial charge in [-0.25, -0.2) is 9.78 Å². The predicted octanol–water partition coefficient (Wildman–Crippen LogP) is 4.67. The summed E-state index contributed by atoms with van der Waals surface area (Å²) in [6.07, 6.45) is 0. The second-order valence-electron chi connectivity index (χ2n) is 4.77. The van der Waals surface area contributed by atoms with Crippen molar-refractivity contribution >= 4 is 38.4 Å². The molecule has 108 valence electrons.